The van der Waals surface area contributed by atoms with E-state index in [1.54, 1.807) is 24.3 Å². The summed E-state index contributed by atoms with van der Waals surface area (Å²) >= 11 is 0. The number of amides is 3. The molecule has 8 heteroatoms. The summed E-state index contributed by atoms with van der Waals surface area (Å²) < 4.78 is 0. The highest BCUT2D eigenvalue weighted by molar-refractivity contribution is 6.21. The number of aryl methyl sites for hydroxylation is 1. The van der Waals surface area contributed by atoms with Crippen molar-refractivity contribution in [1.82, 2.24) is 25.4 Å². The molecule has 1 aromatic heterocycles. The van der Waals surface area contributed by atoms with Gasteiger partial charge in [-0.25, -0.2) is 4.98 Å². The first-order valence-electron chi connectivity index (χ1n) is 8.23. The van der Waals surface area contributed by atoms with Crippen LogP contribution >= 0.6 is 0 Å². The van der Waals surface area contributed by atoms with E-state index in [1.165, 1.54) is 11.2 Å². The van der Waals surface area contributed by atoms with Gasteiger partial charge < -0.3 is 5.32 Å². The van der Waals surface area contributed by atoms with Gasteiger partial charge in [0.25, 0.3) is 11.8 Å². The fraction of sp³-hybridized carbons (Fsp3) is 0.353. The van der Waals surface area contributed by atoms with Crippen molar-refractivity contribution in [2.24, 2.45) is 0 Å². The Morgan fingerprint density at radius 1 is 1.12 bits per heavy atom. The van der Waals surface area contributed by atoms with E-state index in [1.807, 2.05) is 0 Å². The number of fused-ring (bicyclic) bond motifs is 1. The number of aromatic nitrogens is 3. The molecule has 0 radical (unpaired) electrons. The van der Waals surface area contributed by atoms with Crippen molar-refractivity contribution in [2.45, 2.75) is 25.7 Å². The molecule has 0 unspecified atom stereocenters. The fourth-order valence-electron chi connectivity index (χ4n) is 2.76. The summed E-state index contributed by atoms with van der Waals surface area (Å²) in [7, 11) is 0. The van der Waals surface area contributed by atoms with Crippen molar-refractivity contribution < 1.29 is 14.4 Å². The van der Waals surface area contributed by atoms with Crippen molar-refractivity contribution in [3.8, 4) is 0 Å². The molecule has 2 N–H and O–H groups in total. The number of imide groups is 1. The number of nitrogens with one attached hydrogen (secondary N) is 2. The number of nitrogens with zero attached hydrogens (tertiary/aromatic N) is 3. The summed E-state index contributed by atoms with van der Waals surface area (Å²) in [6.45, 7) is 0.796. The van der Waals surface area contributed by atoms with E-state index in [0.29, 0.717) is 24.1 Å². The number of rotatable bonds is 8. The molecule has 2 aromatic rings. The number of carbonyl (C=O) groups is 3. The van der Waals surface area contributed by atoms with Gasteiger partial charge in [-0.2, -0.15) is 5.10 Å². The van der Waals surface area contributed by atoms with Crippen LogP contribution in [0.2, 0.25) is 0 Å². The number of benzene rings is 1. The largest absolute Gasteiger partial charge is 0.356 e. The molecule has 0 fully saturated rings. The summed E-state index contributed by atoms with van der Waals surface area (Å²) in [5.41, 5.74) is 0.869. The molecule has 1 aromatic carbocycles. The molecular formula is C17H19N5O3. The predicted molar refractivity (Wildman–Crippen MR) is 88.8 cm³/mol. The standard InChI is InChI=1S/C17H19N5O3/c23-15(18-9-3-7-14-19-11-20-21-14)8-4-10-22-16(24)12-5-1-2-6-13(12)17(22)25/h1-2,5-6,11H,3-4,7-10H2,(H,18,23)(H,19,20,21). The van der Waals surface area contributed by atoms with E-state index >= 15 is 0 Å². The quantitative estimate of drug-likeness (QED) is 0.548. The Morgan fingerprint density at radius 3 is 2.48 bits per heavy atom. The first kappa shape index (κ1) is 16.8. The minimum atomic E-state index is -0.284. The average Bonchev–Trinajstić information content (AvgIpc) is 3.22. The molecule has 25 heavy (non-hydrogen) atoms. The molecule has 1 aliphatic rings. The summed E-state index contributed by atoms with van der Waals surface area (Å²) in [5.74, 6) is 0.134. The maximum Gasteiger partial charge on any atom is 0.261 e. The first-order valence-corrected chi connectivity index (χ1v) is 8.23. The zero-order valence-corrected chi connectivity index (χ0v) is 13.7. The van der Waals surface area contributed by atoms with E-state index in [-0.39, 0.29) is 30.7 Å². The van der Waals surface area contributed by atoms with E-state index in [9.17, 15) is 14.4 Å². The van der Waals surface area contributed by atoms with Crippen LogP contribution in [-0.2, 0) is 11.2 Å². The van der Waals surface area contributed by atoms with Crippen molar-refractivity contribution in [2.75, 3.05) is 13.1 Å². The van der Waals surface area contributed by atoms with E-state index in [2.05, 4.69) is 20.5 Å². The summed E-state index contributed by atoms with van der Waals surface area (Å²) in [6, 6.07) is 6.77. The molecule has 0 saturated heterocycles. The molecule has 3 amide bonds. The maximum atomic E-state index is 12.2. The molecule has 0 spiro atoms. The molecule has 0 bridgehead atoms. The summed E-state index contributed by atoms with van der Waals surface area (Å²) in [6.07, 6.45) is 3.65. The molecule has 8 nitrogen and oxygen atoms in total. The summed E-state index contributed by atoms with van der Waals surface area (Å²) in [4.78, 5) is 41.4. The lowest BCUT2D eigenvalue weighted by Crippen LogP contribution is -2.32. The van der Waals surface area contributed by atoms with Gasteiger partial charge in [0.15, 0.2) is 0 Å². The molecule has 0 saturated carbocycles. The van der Waals surface area contributed by atoms with E-state index < -0.39 is 0 Å². The van der Waals surface area contributed by atoms with Crippen LogP contribution in [0.3, 0.4) is 0 Å². The Bertz CT molecular complexity index is 737. The minimum absolute atomic E-state index is 0.0887. The molecular weight excluding hydrogens is 322 g/mol. The Balaban J connectivity index is 1.36. The zero-order valence-electron chi connectivity index (χ0n) is 13.7. The minimum Gasteiger partial charge on any atom is -0.356 e. The van der Waals surface area contributed by atoms with Crippen LogP contribution in [0.15, 0.2) is 30.6 Å². The van der Waals surface area contributed by atoms with Crippen molar-refractivity contribution >= 4 is 17.7 Å². The SMILES string of the molecule is O=C(CCCN1C(=O)c2ccccc2C1=O)NCCCc1ncn[nH]1. The van der Waals surface area contributed by atoms with Crippen LogP contribution in [0.4, 0.5) is 0 Å². The number of aromatic amines is 1. The van der Waals surface area contributed by atoms with Crippen LogP contribution < -0.4 is 5.32 Å². The lowest BCUT2D eigenvalue weighted by Gasteiger charge is -2.13. The lowest BCUT2D eigenvalue weighted by atomic mass is 10.1. The number of hydrogen-bond acceptors (Lipinski definition) is 5. The van der Waals surface area contributed by atoms with Crippen LogP contribution in [0, 0.1) is 0 Å². The number of hydrogen-bond donors (Lipinski definition) is 2. The van der Waals surface area contributed by atoms with Gasteiger partial charge in [0.05, 0.1) is 11.1 Å². The predicted octanol–water partition coefficient (Wildman–Crippen LogP) is 0.930. The molecule has 1 aliphatic heterocycles. The van der Waals surface area contributed by atoms with Crippen molar-refractivity contribution in [3.63, 3.8) is 0 Å². The van der Waals surface area contributed by atoms with Crippen LogP contribution in [0.1, 0.15) is 45.8 Å². The Kier molecular flexibility index (Phi) is 5.17. The number of carbonyl (C=O) groups excluding carboxylic acids is 3. The van der Waals surface area contributed by atoms with Crippen LogP contribution in [0.5, 0.6) is 0 Å². The molecule has 0 atom stereocenters. The van der Waals surface area contributed by atoms with Gasteiger partial charge in [-0.1, -0.05) is 12.1 Å². The second-order valence-corrected chi connectivity index (χ2v) is 5.80. The van der Waals surface area contributed by atoms with Crippen LogP contribution in [-0.4, -0.2) is 50.9 Å². The van der Waals surface area contributed by atoms with E-state index in [4.69, 9.17) is 0 Å². The second kappa shape index (κ2) is 7.69. The maximum absolute atomic E-state index is 12.2. The highest BCUT2D eigenvalue weighted by atomic mass is 16.2. The van der Waals surface area contributed by atoms with Crippen molar-refractivity contribution in [3.05, 3.63) is 47.5 Å². The van der Waals surface area contributed by atoms with Crippen LogP contribution in [0.25, 0.3) is 0 Å². The average molecular weight is 341 g/mol. The third-order valence-electron chi connectivity index (χ3n) is 4.04. The van der Waals surface area contributed by atoms with Gasteiger partial charge in [0.2, 0.25) is 5.91 Å². The van der Waals surface area contributed by atoms with Gasteiger partial charge in [0, 0.05) is 25.9 Å². The fourth-order valence-corrected chi connectivity index (χ4v) is 2.76. The van der Waals surface area contributed by atoms with Gasteiger partial charge in [-0.15, -0.1) is 0 Å². The summed E-state index contributed by atoms with van der Waals surface area (Å²) in [5, 5.41) is 9.34. The third-order valence-corrected chi connectivity index (χ3v) is 4.04. The molecule has 3 rings (SSSR count). The highest BCUT2D eigenvalue weighted by Gasteiger charge is 2.34. The Morgan fingerprint density at radius 2 is 1.84 bits per heavy atom. The second-order valence-electron chi connectivity index (χ2n) is 5.80. The smallest absolute Gasteiger partial charge is 0.261 e. The van der Waals surface area contributed by atoms with Crippen molar-refractivity contribution in [1.29, 1.82) is 0 Å². The molecule has 0 aliphatic carbocycles. The van der Waals surface area contributed by atoms with Gasteiger partial charge in [0.1, 0.15) is 12.2 Å². The highest BCUT2D eigenvalue weighted by Crippen LogP contribution is 2.22. The topological polar surface area (TPSA) is 108 Å². The third kappa shape index (κ3) is 3.90. The molecule has 130 valence electrons. The van der Waals surface area contributed by atoms with Gasteiger partial charge in [-0.05, 0) is 25.0 Å². The monoisotopic (exact) mass is 341 g/mol. The zero-order chi connectivity index (χ0) is 17.6. The van der Waals surface area contributed by atoms with Gasteiger partial charge in [-0.3, -0.25) is 24.4 Å². The lowest BCUT2D eigenvalue weighted by molar-refractivity contribution is -0.121. The normalized spacial score (nSPS) is 13.2. The Hall–Kier alpha value is -3.03. The number of H-pyrrole nitrogens is 1. The first-order chi connectivity index (χ1) is 12.2. The molecule has 2 heterocycles. The Labute approximate surface area is 144 Å². The van der Waals surface area contributed by atoms with E-state index in [0.717, 1.165) is 18.7 Å². The van der Waals surface area contributed by atoms with Gasteiger partial charge >= 0.3 is 0 Å².